The summed E-state index contributed by atoms with van der Waals surface area (Å²) in [6.45, 7) is 4.69. The number of aliphatic carboxylic acids is 1. The van der Waals surface area contributed by atoms with Crippen LogP contribution >= 0.6 is 0 Å². The van der Waals surface area contributed by atoms with Crippen LogP contribution < -0.4 is 39.3 Å². The van der Waals surface area contributed by atoms with Gasteiger partial charge in [-0.15, -0.1) is 0 Å². The SMILES string of the molecule is CN[C@@H]1[C@@H](OC(=O)CCn2cnc(CC(NC(=O)C(C)N)C(=O)O)c2)[C@@H](O[C@@H]2[C@@H](O)[C@H](O[C@H]3O[C@H]([C@@H](C)N)CC[C@H]3N)[C@@H](N)C[C@H]2N)OC[C@]1(C)O. The first-order valence-electron chi connectivity index (χ1n) is 17.6. The number of nitrogens with two attached hydrogens (primary N) is 5. The van der Waals surface area contributed by atoms with Crippen LogP contribution in [0.1, 0.15) is 52.1 Å². The Hall–Kier alpha value is -2.86. The fourth-order valence-corrected chi connectivity index (χ4v) is 6.74. The highest BCUT2D eigenvalue weighted by atomic mass is 16.7. The zero-order valence-corrected chi connectivity index (χ0v) is 30.1. The average Bonchev–Trinajstić information content (AvgIpc) is 3.52. The molecule has 15 N–H and O–H groups in total. The molecule has 1 aromatic heterocycles. The smallest absolute Gasteiger partial charge is 0.326 e. The molecular weight excluding hydrogens is 686 g/mol. The molecule has 20 heteroatoms. The number of nitrogens with one attached hydrogen (secondary N) is 2. The minimum absolute atomic E-state index is 0.105. The monoisotopic (exact) mass is 743 g/mol. The van der Waals surface area contributed by atoms with Crippen LogP contribution in [0.2, 0.25) is 0 Å². The van der Waals surface area contributed by atoms with Crippen LogP contribution in [0, 0.1) is 0 Å². The highest BCUT2D eigenvalue weighted by Gasteiger charge is 2.52. The van der Waals surface area contributed by atoms with Crippen LogP contribution in [-0.4, -0.2) is 147 Å². The van der Waals surface area contributed by atoms with E-state index in [1.807, 2.05) is 6.92 Å². The van der Waals surface area contributed by atoms with Crippen LogP contribution in [0.4, 0.5) is 0 Å². The number of imidazole rings is 1. The first-order chi connectivity index (χ1) is 24.4. The Morgan fingerprint density at radius 3 is 2.33 bits per heavy atom. The number of nitrogens with zero attached hydrogens (tertiary/aromatic N) is 2. The molecule has 0 radical (unpaired) electrons. The molecule has 20 nitrogen and oxygen atoms in total. The minimum Gasteiger partial charge on any atom is -0.480 e. The second kappa shape index (κ2) is 18.0. The number of likely N-dealkylation sites (N-methyl/N-ethyl adjacent to an activating group) is 1. The van der Waals surface area contributed by atoms with Gasteiger partial charge in [0.1, 0.15) is 30.0 Å². The van der Waals surface area contributed by atoms with Crippen molar-refractivity contribution in [1.29, 1.82) is 0 Å². The van der Waals surface area contributed by atoms with Crippen LogP contribution in [-0.2, 0) is 51.0 Å². The van der Waals surface area contributed by atoms with E-state index in [9.17, 15) is 29.7 Å². The van der Waals surface area contributed by atoms with Crippen LogP contribution in [0.25, 0.3) is 0 Å². The molecule has 1 aromatic rings. The van der Waals surface area contributed by atoms with Crippen molar-refractivity contribution in [3.63, 3.8) is 0 Å². The standard InChI is InChI=1S/C32H57N9O11/c1-14(33)21-6-5-17(35)30(49-21)51-24-18(36)10-19(37)25(23(24)43)52-31-26(27(38-4)32(3,47)12-48-31)50-22(42)7-8-41-11-16(39-13-41)9-20(29(45)46)40-28(44)15(2)34/h11,13-15,17-21,23-27,30-31,38,43,47H,5-10,12,33-37H2,1-4H3,(H,40,44)(H,45,46)/t14-,15?,17-,18+,19-,20?,21+,23+,24-,25+,26-,27-,30-,31-,32+/m1/s1. The Labute approximate surface area is 302 Å². The minimum atomic E-state index is -1.48. The number of aliphatic hydroxyl groups excluding tert-OH is 1. The van der Waals surface area contributed by atoms with Crippen molar-refractivity contribution in [2.75, 3.05) is 13.7 Å². The molecule has 0 spiro atoms. The van der Waals surface area contributed by atoms with Crippen molar-refractivity contribution in [3.8, 4) is 0 Å². The lowest BCUT2D eigenvalue weighted by atomic mass is 9.84. The number of aryl methyl sites for hydroxylation is 1. The van der Waals surface area contributed by atoms with Crippen molar-refractivity contribution >= 4 is 17.8 Å². The molecule has 296 valence electrons. The Balaban J connectivity index is 1.42. The predicted molar refractivity (Wildman–Crippen MR) is 183 cm³/mol. The zero-order valence-electron chi connectivity index (χ0n) is 30.1. The lowest BCUT2D eigenvalue weighted by Crippen LogP contribution is -2.69. The Morgan fingerprint density at radius 1 is 1.08 bits per heavy atom. The number of carboxylic acids is 1. The Bertz CT molecular complexity index is 1350. The van der Waals surface area contributed by atoms with Gasteiger partial charge in [0.25, 0.3) is 0 Å². The molecule has 3 heterocycles. The maximum Gasteiger partial charge on any atom is 0.326 e. The molecule has 3 aliphatic rings. The van der Waals surface area contributed by atoms with Gasteiger partial charge in [0.15, 0.2) is 18.7 Å². The lowest BCUT2D eigenvalue weighted by molar-refractivity contribution is -0.309. The Morgan fingerprint density at radius 2 is 1.73 bits per heavy atom. The van der Waals surface area contributed by atoms with Gasteiger partial charge in [-0.05, 0) is 47.1 Å². The topological polar surface area (TPSA) is 330 Å². The normalized spacial score (nSPS) is 37.1. The largest absolute Gasteiger partial charge is 0.480 e. The second-order valence-corrected chi connectivity index (χ2v) is 14.4. The summed E-state index contributed by atoms with van der Waals surface area (Å²) in [6.07, 6.45) is -2.86. The van der Waals surface area contributed by atoms with Gasteiger partial charge in [-0.25, -0.2) is 9.78 Å². The summed E-state index contributed by atoms with van der Waals surface area (Å²) in [4.78, 5) is 41.0. The van der Waals surface area contributed by atoms with Crippen molar-refractivity contribution in [2.24, 2.45) is 28.7 Å². The molecule has 2 aliphatic heterocycles. The summed E-state index contributed by atoms with van der Waals surface area (Å²) in [7, 11) is 1.59. The highest BCUT2D eigenvalue weighted by Crippen LogP contribution is 2.33. The third kappa shape index (κ3) is 10.4. The quantitative estimate of drug-likeness (QED) is 0.0760. The molecule has 52 heavy (non-hydrogen) atoms. The van der Waals surface area contributed by atoms with E-state index in [2.05, 4.69) is 15.6 Å². The number of rotatable bonds is 15. The van der Waals surface area contributed by atoms with E-state index < -0.39 is 96.7 Å². The fraction of sp³-hybridized carbons (Fsp3) is 0.812. The molecule has 0 bridgehead atoms. The number of hydrogen-bond acceptors (Lipinski definition) is 17. The van der Waals surface area contributed by atoms with Gasteiger partial charge in [-0.2, -0.15) is 0 Å². The van der Waals surface area contributed by atoms with E-state index in [0.717, 1.165) is 0 Å². The summed E-state index contributed by atoms with van der Waals surface area (Å²) in [6, 6.07) is -5.18. The predicted octanol–water partition coefficient (Wildman–Crippen LogP) is -4.29. The maximum absolute atomic E-state index is 13.2. The third-order valence-corrected chi connectivity index (χ3v) is 9.76. The number of carboxylic acid groups (broad SMARTS) is 1. The van der Waals surface area contributed by atoms with Gasteiger partial charge < -0.3 is 82.9 Å². The maximum atomic E-state index is 13.2. The number of aliphatic hydroxyl groups is 2. The van der Waals surface area contributed by atoms with Gasteiger partial charge in [0, 0.05) is 37.3 Å². The summed E-state index contributed by atoms with van der Waals surface area (Å²) in [5, 5.41) is 37.5. The first-order valence-corrected chi connectivity index (χ1v) is 17.6. The lowest BCUT2D eigenvalue weighted by Gasteiger charge is -2.49. The molecule has 2 saturated heterocycles. The molecule has 1 amide bonds. The molecule has 4 rings (SSSR count). The first kappa shape index (κ1) is 41.9. The number of aromatic nitrogens is 2. The summed E-state index contributed by atoms with van der Waals surface area (Å²) in [5.41, 5.74) is 29.6. The highest BCUT2D eigenvalue weighted by molar-refractivity contribution is 5.86. The third-order valence-electron chi connectivity index (χ3n) is 9.76. The van der Waals surface area contributed by atoms with Gasteiger partial charge in [-0.3, -0.25) is 9.59 Å². The number of carbonyl (C=O) groups is 3. The summed E-state index contributed by atoms with van der Waals surface area (Å²) < 4.78 is 31.7. The van der Waals surface area contributed by atoms with Crippen molar-refractivity contribution in [1.82, 2.24) is 20.2 Å². The van der Waals surface area contributed by atoms with Gasteiger partial charge in [0.05, 0.1) is 49.3 Å². The van der Waals surface area contributed by atoms with E-state index in [1.165, 1.54) is 20.2 Å². The number of amides is 1. The molecular formula is C32H57N9O11. The van der Waals surface area contributed by atoms with E-state index in [1.54, 1.807) is 17.8 Å². The van der Waals surface area contributed by atoms with Crippen LogP contribution in [0.5, 0.6) is 0 Å². The van der Waals surface area contributed by atoms with Crippen molar-refractivity contribution in [2.45, 2.75) is 150 Å². The van der Waals surface area contributed by atoms with E-state index >= 15 is 0 Å². The van der Waals surface area contributed by atoms with Gasteiger partial charge >= 0.3 is 11.9 Å². The van der Waals surface area contributed by atoms with Crippen LogP contribution in [0.3, 0.4) is 0 Å². The van der Waals surface area contributed by atoms with Crippen molar-refractivity contribution in [3.05, 3.63) is 18.2 Å². The number of esters is 1. The molecule has 1 aliphatic carbocycles. The summed E-state index contributed by atoms with van der Waals surface area (Å²) in [5.74, 6) is -2.54. The van der Waals surface area contributed by atoms with Crippen LogP contribution in [0.15, 0.2) is 12.5 Å². The van der Waals surface area contributed by atoms with Crippen molar-refractivity contribution < 1.29 is 53.4 Å². The Kier molecular flexibility index (Phi) is 14.5. The van der Waals surface area contributed by atoms with Gasteiger partial charge in [-0.1, -0.05) is 0 Å². The molecule has 3 fully saturated rings. The fourth-order valence-electron chi connectivity index (χ4n) is 6.74. The molecule has 2 unspecified atom stereocenters. The van der Waals surface area contributed by atoms with E-state index in [0.29, 0.717) is 18.5 Å². The second-order valence-electron chi connectivity index (χ2n) is 14.4. The molecule has 0 aromatic carbocycles. The van der Waals surface area contributed by atoms with E-state index in [-0.39, 0.29) is 44.6 Å². The zero-order chi connectivity index (χ0) is 38.5. The van der Waals surface area contributed by atoms with Gasteiger partial charge in [0.2, 0.25) is 5.91 Å². The molecule has 15 atom stereocenters. The number of carbonyl (C=O) groups excluding carboxylic acids is 2. The molecule has 1 saturated carbocycles. The summed E-state index contributed by atoms with van der Waals surface area (Å²) >= 11 is 0. The average molecular weight is 744 g/mol. The number of ether oxygens (including phenoxy) is 5. The van der Waals surface area contributed by atoms with E-state index in [4.69, 9.17) is 52.4 Å². The number of hydrogen-bond donors (Lipinski definition) is 10.